The summed E-state index contributed by atoms with van der Waals surface area (Å²) in [6, 6.07) is 4.12. The van der Waals surface area contributed by atoms with Crippen molar-refractivity contribution < 1.29 is 0 Å². The second-order valence-electron chi connectivity index (χ2n) is 4.39. The Labute approximate surface area is 84.9 Å². The fourth-order valence-electron chi connectivity index (χ4n) is 1.97. The highest BCUT2D eigenvalue weighted by molar-refractivity contribution is 5.46. The van der Waals surface area contributed by atoms with Gasteiger partial charge >= 0.3 is 0 Å². The molecule has 1 unspecified atom stereocenters. The highest BCUT2D eigenvalue weighted by Crippen LogP contribution is 2.31. The van der Waals surface area contributed by atoms with Crippen LogP contribution in [0.5, 0.6) is 0 Å². The van der Waals surface area contributed by atoms with Crippen molar-refractivity contribution in [2.24, 2.45) is 11.1 Å². The molecule has 1 fully saturated rings. The Balaban J connectivity index is 2.10. The van der Waals surface area contributed by atoms with Gasteiger partial charge in [0.25, 0.3) is 0 Å². The molecule has 0 aliphatic carbocycles. The number of hydrogen-bond donors (Lipinski definition) is 1. The first-order chi connectivity index (χ1) is 6.73. The molecule has 1 saturated heterocycles. The van der Waals surface area contributed by atoms with E-state index in [0.29, 0.717) is 5.41 Å². The molecule has 1 aliphatic rings. The van der Waals surface area contributed by atoms with Crippen LogP contribution in [0.25, 0.3) is 0 Å². The van der Waals surface area contributed by atoms with Crippen molar-refractivity contribution >= 4 is 5.69 Å². The molecule has 1 aromatic heterocycles. The minimum Gasteiger partial charge on any atom is -0.371 e. The van der Waals surface area contributed by atoms with E-state index in [1.165, 1.54) is 12.1 Å². The largest absolute Gasteiger partial charge is 0.371 e. The van der Waals surface area contributed by atoms with Gasteiger partial charge in [-0.15, -0.1) is 0 Å². The first-order valence-electron chi connectivity index (χ1n) is 5.09. The normalized spacial score (nSPS) is 26.9. The smallest absolute Gasteiger partial charge is 0.0397 e. The second-order valence-corrected chi connectivity index (χ2v) is 4.39. The number of anilines is 1. The van der Waals surface area contributed by atoms with Crippen molar-refractivity contribution in [1.82, 2.24) is 4.98 Å². The molecule has 1 atom stereocenters. The van der Waals surface area contributed by atoms with E-state index in [4.69, 9.17) is 5.73 Å². The quantitative estimate of drug-likeness (QED) is 0.765. The minimum absolute atomic E-state index is 0.295. The van der Waals surface area contributed by atoms with Crippen LogP contribution in [-0.2, 0) is 0 Å². The van der Waals surface area contributed by atoms with Crippen molar-refractivity contribution in [3.05, 3.63) is 24.5 Å². The van der Waals surface area contributed by atoms with E-state index in [1.807, 2.05) is 12.4 Å². The highest BCUT2D eigenvalue weighted by Gasteiger charge is 2.32. The number of nitrogens with zero attached hydrogens (tertiary/aromatic N) is 2. The van der Waals surface area contributed by atoms with Crippen LogP contribution in [0.3, 0.4) is 0 Å². The molecule has 0 saturated carbocycles. The van der Waals surface area contributed by atoms with Crippen molar-refractivity contribution in [3.63, 3.8) is 0 Å². The van der Waals surface area contributed by atoms with E-state index >= 15 is 0 Å². The molecular formula is C11H17N3. The molecule has 0 aromatic carbocycles. The van der Waals surface area contributed by atoms with Crippen LogP contribution < -0.4 is 10.6 Å². The Morgan fingerprint density at radius 1 is 1.50 bits per heavy atom. The number of pyridine rings is 1. The zero-order valence-electron chi connectivity index (χ0n) is 8.61. The second kappa shape index (κ2) is 3.58. The lowest BCUT2D eigenvalue weighted by Crippen LogP contribution is -2.31. The van der Waals surface area contributed by atoms with Gasteiger partial charge in [0.15, 0.2) is 0 Å². The average molecular weight is 191 g/mol. The van der Waals surface area contributed by atoms with Crippen LogP contribution in [-0.4, -0.2) is 24.6 Å². The molecule has 1 aliphatic heterocycles. The van der Waals surface area contributed by atoms with Gasteiger partial charge in [-0.3, -0.25) is 4.98 Å². The summed E-state index contributed by atoms with van der Waals surface area (Å²) in [6.45, 7) is 5.20. The molecular weight excluding hydrogens is 174 g/mol. The molecule has 0 spiro atoms. The Hall–Kier alpha value is -1.09. The molecule has 3 heteroatoms. The van der Waals surface area contributed by atoms with Crippen molar-refractivity contribution in [2.75, 3.05) is 24.5 Å². The molecule has 0 bridgehead atoms. The lowest BCUT2D eigenvalue weighted by Gasteiger charge is -2.23. The van der Waals surface area contributed by atoms with Crippen LogP contribution in [0.2, 0.25) is 0 Å². The fourth-order valence-corrected chi connectivity index (χ4v) is 1.97. The van der Waals surface area contributed by atoms with E-state index in [0.717, 1.165) is 19.6 Å². The maximum Gasteiger partial charge on any atom is 0.0397 e. The van der Waals surface area contributed by atoms with Crippen LogP contribution in [0.1, 0.15) is 13.3 Å². The van der Waals surface area contributed by atoms with Gasteiger partial charge in [0, 0.05) is 31.2 Å². The molecule has 3 nitrogen and oxygen atoms in total. The number of rotatable bonds is 2. The SMILES string of the molecule is CC1(CN)CCN(c2ccncc2)C1. The standard InChI is InChI=1S/C11H17N3/c1-11(8-12)4-7-14(9-11)10-2-5-13-6-3-10/h2-3,5-6H,4,7-9,12H2,1H3. The van der Waals surface area contributed by atoms with Crippen LogP contribution in [0.4, 0.5) is 5.69 Å². The van der Waals surface area contributed by atoms with E-state index in [2.05, 4.69) is 28.9 Å². The van der Waals surface area contributed by atoms with Crippen LogP contribution in [0, 0.1) is 5.41 Å². The minimum atomic E-state index is 0.295. The molecule has 2 heterocycles. The topological polar surface area (TPSA) is 42.1 Å². The Morgan fingerprint density at radius 2 is 2.21 bits per heavy atom. The summed E-state index contributed by atoms with van der Waals surface area (Å²) in [5.41, 5.74) is 7.33. The summed E-state index contributed by atoms with van der Waals surface area (Å²) in [4.78, 5) is 6.41. The van der Waals surface area contributed by atoms with Crippen LogP contribution in [0.15, 0.2) is 24.5 Å². The Kier molecular flexibility index (Phi) is 2.42. The van der Waals surface area contributed by atoms with Gasteiger partial charge in [0.1, 0.15) is 0 Å². The monoisotopic (exact) mass is 191 g/mol. The third kappa shape index (κ3) is 1.73. The van der Waals surface area contributed by atoms with Crippen molar-refractivity contribution in [3.8, 4) is 0 Å². The van der Waals surface area contributed by atoms with Gasteiger partial charge in [0.2, 0.25) is 0 Å². The predicted octanol–water partition coefficient (Wildman–Crippen LogP) is 1.26. The molecule has 0 radical (unpaired) electrons. The third-order valence-corrected chi connectivity index (χ3v) is 3.08. The highest BCUT2D eigenvalue weighted by atomic mass is 15.2. The lowest BCUT2D eigenvalue weighted by atomic mass is 9.90. The summed E-state index contributed by atoms with van der Waals surface area (Å²) in [5.74, 6) is 0. The van der Waals surface area contributed by atoms with Gasteiger partial charge < -0.3 is 10.6 Å². The lowest BCUT2D eigenvalue weighted by molar-refractivity contribution is 0.383. The Morgan fingerprint density at radius 3 is 2.79 bits per heavy atom. The zero-order valence-corrected chi connectivity index (χ0v) is 8.61. The first-order valence-corrected chi connectivity index (χ1v) is 5.09. The maximum atomic E-state index is 5.77. The maximum absolute atomic E-state index is 5.77. The zero-order chi connectivity index (χ0) is 10.0. The molecule has 2 rings (SSSR count). The fraction of sp³-hybridized carbons (Fsp3) is 0.545. The third-order valence-electron chi connectivity index (χ3n) is 3.08. The van der Waals surface area contributed by atoms with Gasteiger partial charge in [-0.05, 0) is 30.5 Å². The average Bonchev–Trinajstić information content (AvgIpc) is 2.63. The molecule has 2 N–H and O–H groups in total. The Bertz CT molecular complexity index is 299. The van der Waals surface area contributed by atoms with E-state index in [-0.39, 0.29) is 0 Å². The molecule has 76 valence electrons. The van der Waals surface area contributed by atoms with Crippen LogP contribution >= 0.6 is 0 Å². The molecule has 1 aromatic rings. The summed E-state index contributed by atoms with van der Waals surface area (Å²) in [6.07, 6.45) is 4.87. The summed E-state index contributed by atoms with van der Waals surface area (Å²) in [5, 5.41) is 0. The van der Waals surface area contributed by atoms with Gasteiger partial charge in [-0.25, -0.2) is 0 Å². The van der Waals surface area contributed by atoms with Crippen molar-refractivity contribution in [1.29, 1.82) is 0 Å². The van der Waals surface area contributed by atoms with Gasteiger partial charge in [0.05, 0.1) is 0 Å². The summed E-state index contributed by atoms with van der Waals surface area (Å²) in [7, 11) is 0. The van der Waals surface area contributed by atoms with E-state index < -0.39 is 0 Å². The molecule has 0 amide bonds. The van der Waals surface area contributed by atoms with E-state index in [1.54, 1.807) is 0 Å². The number of aromatic nitrogens is 1. The number of nitrogens with two attached hydrogens (primary N) is 1. The number of hydrogen-bond acceptors (Lipinski definition) is 3. The van der Waals surface area contributed by atoms with Gasteiger partial charge in [-0.2, -0.15) is 0 Å². The predicted molar refractivity (Wildman–Crippen MR) is 58.2 cm³/mol. The molecule has 14 heavy (non-hydrogen) atoms. The first kappa shape index (κ1) is 9.46. The summed E-state index contributed by atoms with van der Waals surface area (Å²) < 4.78 is 0. The van der Waals surface area contributed by atoms with E-state index in [9.17, 15) is 0 Å². The van der Waals surface area contributed by atoms with Crippen molar-refractivity contribution in [2.45, 2.75) is 13.3 Å². The summed E-state index contributed by atoms with van der Waals surface area (Å²) >= 11 is 0. The van der Waals surface area contributed by atoms with Gasteiger partial charge in [-0.1, -0.05) is 6.92 Å².